The number of nitrogens with zero attached hydrogens (tertiary/aromatic N) is 1. The van der Waals surface area contributed by atoms with Crippen LogP contribution in [0.5, 0.6) is 5.75 Å². The molecule has 1 unspecified atom stereocenters. The molecule has 0 aliphatic heterocycles. The van der Waals surface area contributed by atoms with E-state index in [2.05, 4.69) is 24.1 Å². The van der Waals surface area contributed by atoms with Gasteiger partial charge in [-0.05, 0) is 42.9 Å². The van der Waals surface area contributed by atoms with Crippen LogP contribution in [-0.4, -0.2) is 37.6 Å². The summed E-state index contributed by atoms with van der Waals surface area (Å²) >= 11 is 6.36. The lowest BCUT2D eigenvalue weighted by atomic mass is 10.0. The van der Waals surface area contributed by atoms with Crippen LogP contribution in [0.3, 0.4) is 0 Å². The minimum Gasteiger partial charge on any atom is -0.494 e. The van der Waals surface area contributed by atoms with E-state index in [9.17, 15) is 9.18 Å². The summed E-state index contributed by atoms with van der Waals surface area (Å²) in [7, 11) is 1.39. The van der Waals surface area contributed by atoms with Gasteiger partial charge in [-0.1, -0.05) is 43.6 Å². The molecule has 2 aromatic rings. The Morgan fingerprint density at radius 3 is 2.50 bits per heavy atom. The zero-order chi connectivity index (χ0) is 19.1. The number of methoxy groups -OCH3 is 1. The van der Waals surface area contributed by atoms with Crippen molar-refractivity contribution in [2.75, 3.05) is 26.7 Å². The monoisotopic (exact) mass is 378 g/mol. The fraction of sp³-hybridized carbons (Fsp3) is 0.350. The van der Waals surface area contributed by atoms with Gasteiger partial charge in [0.1, 0.15) is 0 Å². The first kappa shape index (κ1) is 20.2. The summed E-state index contributed by atoms with van der Waals surface area (Å²) in [4.78, 5) is 14.7. The van der Waals surface area contributed by atoms with Gasteiger partial charge in [0, 0.05) is 17.1 Å². The Morgan fingerprint density at radius 1 is 1.23 bits per heavy atom. The number of halogens is 2. The Bertz CT molecular complexity index is 750. The second-order valence-corrected chi connectivity index (χ2v) is 6.23. The molecule has 140 valence electrons. The van der Waals surface area contributed by atoms with Gasteiger partial charge >= 0.3 is 0 Å². The number of benzene rings is 2. The second-order valence-electron chi connectivity index (χ2n) is 5.82. The summed E-state index contributed by atoms with van der Waals surface area (Å²) in [5.41, 5.74) is 1.21. The molecule has 0 saturated heterocycles. The van der Waals surface area contributed by atoms with Crippen molar-refractivity contribution in [2.45, 2.75) is 19.9 Å². The van der Waals surface area contributed by atoms with Crippen LogP contribution in [0, 0.1) is 5.82 Å². The third-order valence-electron chi connectivity index (χ3n) is 4.39. The maximum absolute atomic E-state index is 13.8. The molecule has 26 heavy (non-hydrogen) atoms. The van der Waals surface area contributed by atoms with Crippen molar-refractivity contribution in [3.05, 3.63) is 64.4 Å². The molecule has 4 nitrogen and oxygen atoms in total. The molecule has 0 aliphatic carbocycles. The normalized spacial score (nSPS) is 12.1. The Balaban J connectivity index is 2.17. The zero-order valence-corrected chi connectivity index (χ0v) is 16.0. The maximum atomic E-state index is 13.8. The van der Waals surface area contributed by atoms with Crippen molar-refractivity contribution < 1.29 is 13.9 Å². The Labute approximate surface area is 158 Å². The standard InChI is InChI=1S/C20H24ClFN2O2/c1-4-24(5-2)18(15-8-6-7-9-16(15)21)13-23-20(25)14-10-11-19(26-3)17(22)12-14/h6-12,18H,4-5,13H2,1-3H3,(H,23,25). The van der Waals surface area contributed by atoms with E-state index in [4.69, 9.17) is 16.3 Å². The highest BCUT2D eigenvalue weighted by molar-refractivity contribution is 6.31. The minimum absolute atomic E-state index is 0.0641. The van der Waals surface area contributed by atoms with E-state index in [1.807, 2.05) is 24.3 Å². The van der Waals surface area contributed by atoms with Gasteiger partial charge in [0.15, 0.2) is 11.6 Å². The number of hydrogen-bond acceptors (Lipinski definition) is 3. The van der Waals surface area contributed by atoms with Crippen LogP contribution in [0.4, 0.5) is 4.39 Å². The van der Waals surface area contributed by atoms with Crippen molar-refractivity contribution in [2.24, 2.45) is 0 Å². The lowest BCUT2D eigenvalue weighted by molar-refractivity contribution is 0.0934. The maximum Gasteiger partial charge on any atom is 0.251 e. The molecule has 0 radical (unpaired) electrons. The van der Waals surface area contributed by atoms with Crippen LogP contribution < -0.4 is 10.1 Å². The number of likely N-dealkylation sites (N-methyl/N-ethyl adjacent to an activating group) is 1. The third-order valence-corrected chi connectivity index (χ3v) is 4.73. The van der Waals surface area contributed by atoms with Crippen LogP contribution in [-0.2, 0) is 0 Å². The SMILES string of the molecule is CCN(CC)C(CNC(=O)c1ccc(OC)c(F)c1)c1ccccc1Cl. The molecule has 2 aromatic carbocycles. The minimum atomic E-state index is -0.563. The molecule has 0 aliphatic rings. The van der Waals surface area contributed by atoms with Crippen molar-refractivity contribution in [3.63, 3.8) is 0 Å². The van der Waals surface area contributed by atoms with E-state index in [0.717, 1.165) is 18.7 Å². The number of nitrogens with one attached hydrogen (secondary N) is 1. The van der Waals surface area contributed by atoms with Gasteiger partial charge in [-0.15, -0.1) is 0 Å². The van der Waals surface area contributed by atoms with E-state index in [1.165, 1.54) is 19.2 Å². The lowest BCUT2D eigenvalue weighted by Crippen LogP contribution is -2.38. The van der Waals surface area contributed by atoms with Crippen LogP contribution in [0.1, 0.15) is 35.8 Å². The largest absolute Gasteiger partial charge is 0.494 e. The van der Waals surface area contributed by atoms with Crippen LogP contribution in [0.2, 0.25) is 5.02 Å². The fourth-order valence-corrected chi connectivity index (χ4v) is 3.21. The molecule has 0 heterocycles. The molecule has 2 rings (SSSR count). The topological polar surface area (TPSA) is 41.6 Å². The molecule has 0 saturated carbocycles. The predicted octanol–water partition coefficient (Wildman–Crippen LogP) is 4.30. The van der Waals surface area contributed by atoms with Crippen molar-refractivity contribution in [3.8, 4) is 5.75 Å². The Kier molecular flexibility index (Phi) is 7.42. The molecule has 1 N–H and O–H groups in total. The van der Waals surface area contributed by atoms with Gasteiger partial charge in [0.05, 0.1) is 13.2 Å². The molecule has 0 bridgehead atoms. The predicted molar refractivity (Wildman–Crippen MR) is 102 cm³/mol. The fourth-order valence-electron chi connectivity index (χ4n) is 2.94. The summed E-state index contributed by atoms with van der Waals surface area (Å²) < 4.78 is 18.7. The van der Waals surface area contributed by atoms with Crippen LogP contribution >= 0.6 is 11.6 Å². The number of rotatable bonds is 8. The van der Waals surface area contributed by atoms with Gasteiger partial charge in [-0.25, -0.2) is 4.39 Å². The highest BCUT2D eigenvalue weighted by atomic mass is 35.5. The van der Waals surface area contributed by atoms with Crippen LogP contribution in [0.15, 0.2) is 42.5 Å². The number of amides is 1. The highest BCUT2D eigenvalue weighted by Gasteiger charge is 2.21. The number of carbonyl (C=O) groups excluding carboxylic acids is 1. The average molecular weight is 379 g/mol. The van der Waals surface area contributed by atoms with Gasteiger partial charge in [-0.3, -0.25) is 9.69 Å². The van der Waals surface area contributed by atoms with Gasteiger partial charge in [0.2, 0.25) is 0 Å². The van der Waals surface area contributed by atoms with Crippen molar-refractivity contribution in [1.82, 2.24) is 10.2 Å². The molecule has 0 spiro atoms. The molecule has 1 atom stereocenters. The Morgan fingerprint density at radius 2 is 1.92 bits per heavy atom. The van der Waals surface area contributed by atoms with E-state index in [0.29, 0.717) is 11.6 Å². The number of hydrogen-bond donors (Lipinski definition) is 1. The molecule has 6 heteroatoms. The third kappa shape index (κ3) is 4.74. The van der Waals surface area contributed by atoms with E-state index < -0.39 is 5.82 Å². The van der Waals surface area contributed by atoms with E-state index >= 15 is 0 Å². The van der Waals surface area contributed by atoms with Gasteiger partial charge < -0.3 is 10.1 Å². The summed E-state index contributed by atoms with van der Waals surface area (Å²) in [6.45, 7) is 6.14. The van der Waals surface area contributed by atoms with Crippen molar-refractivity contribution in [1.29, 1.82) is 0 Å². The summed E-state index contributed by atoms with van der Waals surface area (Å²) in [6.07, 6.45) is 0. The van der Waals surface area contributed by atoms with E-state index in [1.54, 1.807) is 6.07 Å². The van der Waals surface area contributed by atoms with E-state index in [-0.39, 0.29) is 23.3 Å². The smallest absolute Gasteiger partial charge is 0.251 e. The number of carbonyl (C=O) groups is 1. The molecule has 0 aromatic heterocycles. The molecular weight excluding hydrogens is 355 g/mol. The number of ether oxygens (including phenoxy) is 1. The molecule has 0 fully saturated rings. The van der Waals surface area contributed by atoms with Gasteiger partial charge in [-0.2, -0.15) is 0 Å². The van der Waals surface area contributed by atoms with Gasteiger partial charge in [0.25, 0.3) is 5.91 Å². The van der Waals surface area contributed by atoms with Crippen molar-refractivity contribution >= 4 is 17.5 Å². The second kappa shape index (κ2) is 9.55. The summed E-state index contributed by atoms with van der Waals surface area (Å²) in [6, 6.07) is 11.7. The first-order valence-corrected chi connectivity index (χ1v) is 8.99. The quantitative estimate of drug-likeness (QED) is 0.744. The molecule has 1 amide bonds. The zero-order valence-electron chi connectivity index (χ0n) is 15.3. The lowest BCUT2D eigenvalue weighted by Gasteiger charge is -2.31. The summed E-state index contributed by atoms with van der Waals surface area (Å²) in [5, 5.41) is 3.55. The Hall–Kier alpha value is -2.11. The first-order chi connectivity index (χ1) is 12.5. The average Bonchev–Trinajstić information content (AvgIpc) is 2.65. The summed E-state index contributed by atoms with van der Waals surface area (Å²) in [5.74, 6) is -0.791. The molecular formula is C20H24ClFN2O2. The first-order valence-electron chi connectivity index (χ1n) is 8.62. The highest BCUT2D eigenvalue weighted by Crippen LogP contribution is 2.27. The van der Waals surface area contributed by atoms with Crippen LogP contribution in [0.25, 0.3) is 0 Å².